The van der Waals surface area contributed by atoms with Crippen molar-refractivity contribution < 1.29 is 44.2 Å². The number of carbonyl (C=O) groups is 4. The molecule has 2 aromatic carbocycles. The van der Waals surface area contributed by atoms with Crippen molar-refractivity contribution >= 4 is 29.3 Å². The molecular formula is C30H38N3O10-. The molecule has 0 radical (unpaired) electrons. The molecule has 0 saturated carbocycles. The van der Waals surface area contributed by atoms with Crippen LogP contribution in [0.4, 0.5) is 5.69 Å². The van der Waals surface area contributed by atoms with Gasteiger partial charge in [0.15, 0.2) is 0 Å². The largest absolute Gasteiger partial charge is 0.843 e. The Hall–Kier alpha value is -4.20. The van der Waals surface area contributed by atoms with Gasteiger partial charge in [-0.2, -0.15) is 0 Å². The third kappa shape index (κ3) is 9.40. The van der Waals surface area contributed by atoms with Gasteiger partial charge >= 0.3 is 0 Å². The molecule has 43 heavy (non-hydrogen) atoms. The first-order valence-corrected chi connectivity index (χ1v) is 13.8. The Labute approximate surface area is 249 Å². The van der Waals surface area contributed by atoms with E-state index in [9.17, 15) is 44.6 Å². The molecule has 4 N–H and O–H groups in total. The van der Waals surface area contributed by atoms with Crippen molar-refractivity contribution in [1.29, 1.82) is 0 Å². The minimum atomic E-state index is -2.58. The average molecular weight is 601 g/mol. The van der Waals surface area contributed by atoms with E-state index in [0.717, 1.165) is 0 Å². The van der Waals surface area contributed by atoms with Gasteiger partial charge in [-0.1, -0.05) is 65.8 Å². The van der Waals surface area contributed by atoms with Crippen LogP contribution >= 0.6 is 0 Å². The van der Waals surface area contributed by atoms with Crippen LogP contribution in [0.1, 0.15) is 41.5 Å². The molecule has 0 aromatic heterocycles. The zero-order valence-electron chi connectivity index (χ0n) is 24.8. The molecule has 0 aliphatic carbocycles. The highest BCUT2D eigenvalue weighted by Gasteiger charge is 2.38. The number of nitrogens with one attached hydrogen (secondary N) is 2. The zero-order valence-corrected chi connectivity index (χ0v) is 24.8. The van der Waals surface area contributed by atoms with E-state index < -0.39 is 64.8 Å². The summed E-state index contributed by atoms with van der Waals surface area (Å²) >= 11 is 0. The molecular weight excluding hydrogens is 562 g/mol. The molecule has 6 atom stereocenters. The monoisotopic (exact) mass is 600 g/mol. The summed E-state index contributed by atoms with van der Waals surface area (Å²) in [4.78, 5) is 60.9. The molecule has 4 amide bonds. The number of carbonyl (C=O) groups excluding carboxylic acids is 4. The maximum absolute atomic E-state index is 13.1. The van der Waals surface area contributed by atoms with Gasteiger partial charge in [0.1, 0.15) is 11.9 Å². The third-order valence-electron chi connectivity index (χ3n) is 7.31. The molecule has 13 nitrogen and oxygen atoms in total. The molecule has 0 aliphatic rings. The predicted octanol–water partition coefficient (Wildman–Crippen LogP) is 1.33. The van der Waals surface area contributed by atoms with E-state index in [4.69, 9.17) is 4.74 Å². The first-order chi connectivity index (χ1) is 20.0. The van der Waals surface area contributed by atoms with Gasteiger partial charge in [0.2, 0.25) is 23.8 Å². The Morgan fingerprint density at radius 3 is 1.74 bits per heavy atom. The van der Waals surface area contributed by atoms with Crippen LogP contribution in [0.2, 0.25) is 0 Å². The summed E-state index contributed by atoms with van der Waals surface area (Å²) in [6.07, 6.45) is -9.33. The van der Waals surface area contributed by atoms with E-state index in [0.29, 0.717) is 11.1 Å². The third-order valence-corrected chi connectivity index (χ3v) is 7.31. The number of rotatable bonds is 13. The number of non-ortho nitro benzene ring substituents is 1. The summed E-state index contributed by atoms with van der Waals surface area (Å²) in [5, 5.41) is 49.3. The lowest BCUT2D eigenvalue weighted by molar-refractivity contribution is -0.426. The minimum Gasteiger partial charge on any atom is -0.843 e. The number of nitrogens with zero attached hydrogens (tertiary/aromatic N) is 1. The maximum Gasteiger partial charge on any atom is 0.270 e. The van der Waals surface area contributed by atoms with E-state index >= 15 is 0 Å². The number of ether oxygens (including phenoxy) is 1. The molecule has 13 heteroatoms. The van der Waals surface area contributed by atoms with Crippen LogP contribution in [0, 0.1) is 33.8 Å². The molecule has 0 fully saturated rings. The van der Waals surface area contributed by atoms with Crippen LogP contribution in [-0.4, -0.2) is 63.2 Å². The van der Waals surface area contributed by atoms with E-state index in [1.807, 2.05) is 5.32 Å². The maximum atomic E-state index is 13.1. The molecule has 2 aromatic rings. The van der Waals surface area contributed by atoms with Crippen molar-refractivity contribution in [3.63, 3.8) is 0 Å². The van der Waals surface area contributed by atoms with Crippen LogP contribution in [0.15, 0.2) is 48.5 Å². The number of nitro groups is 1. The first kappa shape index (κ1) is 35.0. The van der Waals surface area contributed by atoms with Gasteiger partial charge in [0.25, 0.3) is 11.6 Å². The van der Waals surface area contributed by atoms with Gasteiger partial charge in [-0.25, -0.2) is 0 Å². The van der Waals surface area contributed by atoms with Crippen molar-refractivity contribution in [1.82, 2.24) is 10.6 Å². The summed E-state index contributed by atoms with van der Waals surface area (Å²) < 4.78 is 5.61. The SMILES string of the molecule is CC(C)[C@H](C)C(=O)NC(=O)[C@H]([O-])[C@H](O)[C@@H](O)[C@@H](Oc1ccc(-c2cccc([N+](=O)[O-])c2)cc1)C(=O)NC(=O)[C@@H](C)C(C)C. The van der Waals surface area contributed by atoms with Gasteiger partial charge in [-0.15, -0.1) is 0 Å². The van der Waals surface area contributed by atoms with Crippen molar-refractivity contribution in [3.8, 4) is 16.9 Å². The topological polar surface area (TPSA) is 208 Å². The van der Waals surface area contributed by atoms with Crippen LogP contribution in [0.3, 0.4) is 0 Å². The van der Waals surface area contributed by atoms with E-state index in [2.05, 4.69) is 5.32 Å². The number of hydrogen-bond acceptors (Lipinski definition) is 10. The molecule has 234 valence electrons. The van der Waals surface area contributed by atoms with Crippen LogP contribution in [-0.2, 0) is 19.2 Å². The van der Waals surface area contributed by atoms with Crippen LogP contribution in [0.5, 0.6) is 5.75 Å². The summed E-state index contributed by atoms with van der Waals surface area (Å²) in [6.45, 7) is 10.1. The fourth-order valence-corrected chi connectivity index (χ4v) is 3.68. The Kier molecular flexibility index (Phi) is 12.5. The van der Waals surface area contributed by atoms with Crippen molar-refractivity contribution in [2.75, 3.05) is 0 Å². The first-order valence-electron chi connectivity index (χ1n) is 13.8. The predicted molar refractivity (Wildman–Crippen MR) is 153 cm³/mol. The second-order valence-corrected chi connectivity index (χ2v) is 11.0. The number of aliphatic hydroxyl groups is 2. The van der Waals surface area contributed by atoms with Gasteiger partial charge in [0.05, 0.1) is 11.0 Å². The van der Waals surface area contributed by atoms with Crippen LogP contribution < -0.4 is 20.5 Å². The fourth-order valence-electron chi connectivity index (χ4n) is 3.68. The fraction of sp³-hybridized carbons (Fsp3) is 0.467. The van der Waals surface area contributed by atoms with E-state index in [-0.39, 0.29) is 23.3 Å². The molecule has 0 spiro atoms. The number of imide groups is 2. The normalized spacial score (nSPS) is 15.5. The number of aliphatic hydroxyl groups excluding tert-OH is 2. The van der Waals surface area contributed by atoms with Crippen LogP contribution in [0.25, 0.3) is 11.1 Å². The van der Waals surface area contributed by atoms with Gasteiger partial charge in [-0.05, 0) is 41.2 Å². The summed E-state index contributed by atoms with van der Waals surface area (Å²) in [6, 6.07) is 11.6. The standard InChI is InChI=1S/C30H38N3O10/c1-15(2)17(5)27(37)31-29(39)25(36)23(34)24(35)26(30(40)32-28(38)18(6)16(3)4)43-22-12-10-19(11-13-22)20-8-7-9-21(14-20)33(41)42/h7-18,23-26,34-35H,1-6H3,(H,31,37,39)(H,32,38,40)/q-1/t17-,18-,23+,24+,25+,26+/m0/s1. The molecule has 2 rings (SSSR count). The number of amides is 4. The smallest absolute Gasteiger partial charge is 0.270 e. The lowest BCUT2D eigenvalue weighted by atomic mass is 9.96. The summed E-state index contributed by atoms with van der Waals surface area (Å²) in [7, 11) is 0. The van der Waals surface area contributed by atoms with Gasteiger partial charge in [-0.3, -0.25) is 39.9 Å². The lowest BCUT2D eigenvalue weighted by Crippen LogP contribution is -2.61. The van der Waals surface area contributed by atoms with Gasteiger partial charge < -0.3 is 20.1 Å². The van der Waals surface area contributed by atoms with Crippen molar-refractivity contribution in [3.05, 3.63) is 58.6 Å². The Bertz CT molecular complexity index is 1310. The Balaban J connectivity index is 2.32. The van der Waals surface area contributed by atoms with Gasteiger partial charge in [0, 0.05) is 24.0 Å². The molecule has 0 saturated heterocycles. The average Bonchev–Trinajstić information content (AvgIpc) is 2.97. The van der Waals surface area contributed by atoms with Crippen molar-refractivity contribution in [2.24, 2.45) is 23.7 Å². The zero-order chi connectivity index (χ0) is 32.6. The molecule has 0 unspecified atom stereocenters. The highest BCUT2D eigenvalue weighted by molar-refractivity contribution is 5.99. The van der Waals surface area contributed by atoms with E-state index in [1.165, 1.54) is 42.5 Å². The highest BCUT2D eigenvalue weighted by Crippen LogP contribution is 2.26. The Morgan fingerprint density at radius 2 is 1.26 bits per heavy atom. The summed E-state index contributed by atoms with van der Waals surface area (Å²) in [5.41, 5.74) is 0.944. The molecule has 0 heterocycles. The molecule has 0 bridgehead atoms. The second kappa shape index (κ2) is 15.3. The van der Waals surface area contributed by atoms with E-state index in [1.54, 1.807) is 47.6 Å². The number of nitro benzene ring substituents is 1. The minimum absolute atomic E-state index is 0.0298. The number of hydrogen-bond donors (Lipinski definition) is 4. The molecule has 0 aliphatic heterocycles. The Morgan fingerprint density at radius 1 is 0.744 bits per heavy atom. The number of benzene rings is 2. The summed E-state index contributed by atoms with van der Waals surface area (Å²) in [5.74, 6) is -5.60. The second-order valence-electron chi connectivity index (χ2n) is 11.0. The quantitative estimate of drug-likeness (QED) is 0.191. The van der Waals surface area contributed by atoms with Crippen molar-refractivity contribution in [2.45, 2.75) is 66.0 Å². The lowest BCUT2D eigenvalue weighted by Gasteiger charge is -2.34. The highest BCUT2D eigenvalue weighted by atomic mass is 16.6.